The van der Waals surface area contributed by atoms with Crippen LogP contribution in [0.4, 0.5) is 5.82 Å². The van der Waals surface area contributed by atoms with Crippen molar-refractivity contribution in [2.45, 2.75) is 13.3 Å². The summed E-state index contributed by atoms with van der Waals surface area (Å²) in [7, 11) is 0. The number of fused-ring (bicyclic) bond motifs is 5. The van der Waals surface area contributed by atoms with Crippen LogP contribution in [0.3, 0.4) is 0 Å². The van der Waals surface area contributed by atoms with Gasteiger partial charge in [0.1, 0.15) is 5.82 Å². The molecule has 2 aliphatic carbocycles. The normalized spacial score (nSPS) is 32.0. The van der Waals surface area contributed by atoms with Crippen LogP contribution in [-0.4, -0.2) is 34.8 Å². The molecule has 0 radical (unpaired) electrons. The minimum absolute atomic E-state index is 0.0193. The summed E-state index contributed by atoms with van der Waals surface area (Å²) in [6.07, 6.45) is 5.22. The van der Waals surface area contributed by atoms with Crippen molar-refractivity contribution in [3.63, 3.8) is 0 Å². The van der Waals surface area contributed by atoms with Crippen LogP contribution in [0.5, 0.6) is 0 Å². The zero-order valence-electron chi connectivity index (χ0n) is 12.5. The highest BCUT2D eigenvalue weighted by molar-refractivity contribution is 6.06. The number of carbonyl (C=O) groups excluding carboxylic acids is 2. The van der Waals surface area contributed by atoms with E-state index in [1.165, 1.54) is 4.90 Å². The molecule has 22 heavy (non-hydrogen) atoms. The van der Waals surface area contributed by atoms with Gasteiger partial charge in [0.05, 0.1) is 11.8 Å². The highest BCUT2D eigenvalue weighted by Crippen LogP contribution is 2.52. The van der Waals surface area contributed by atoms with Crippen molar-refractivity contribution in [1.29, 1.82) is 0 Å². The molecule has 5 nitrogen and oxygen atoms in total. The maximum Gasteiger partial charge on any atom is 0.233 e. The summed E-state index contributed by atoms with van der Waals surface area (Å²) in [5, 5.41) is 3.18. The van der Waals surface area contributed by atoms with Gasteiger partial charge in [0.15, 0.2) is 0 Å². The van der Waals surface area contributed by atoms with Crippen molar-refractivity contribution in [1.82, 2.24) is 9.88 Å². The first-order chi connectivity index (χ1) is 10.6. The van der Waals surface area contributed by atoms with Gasteiger partial charge in [0, 0.05) is 18.8 Å². The quantitative estimate of drug-likeness (QED) is 0.677. The highest BCUT2D eigenvalue weighted by atomic mass is 16.2. The molecule has 1 aliphatic heterocycles. The molecule has 2 amide bonds. The Balaban J connectivity index is 1.40. The topological polar surface area (TPSA) is 62.3 Å². The molecule has 1 saturated heterocycles. The molecule has 1 saturated carbocycles. The fraction of sp³-hybridized carbons (Fsp3) is 0.471. The maximum absolute atomic E-state index is 12.5. The van der Waals surface area contributed by atoms with Gasteiger partial charge in [-0.3, -0.25) is 14.5 Å². The number of amides is 2. The lowest BCUT2D eigenvalue weighted by Gasteiger charge is -2.17. The average molecular weight is 297 g/mol. The van der Waals surface area contributed by atoms with E-state index in [2.05, 4.69) is 22.5 Å². The third-order valence-corrected chi connectivity index (χ3v) is 5.09. The summed E-state index contributed by atoms with van der Waals surface area (Å²) in [4.78, 5) is 30.8. The van der Waals surface area contributed by atoms with Gasteiger partial charge in [-0.05, 0) is 37.3 Å². The van der Waals surface area contributed by atoms with E-state index in [1.54, 1.807) is 0 Å². The van der Waals surface area contributed by atoms with Crippen LogP contribution in [0, 0.1) is 30.6 Å². The van der Waals surface area contributed by atoms with Gasteiger partial charge in [-0.1, -0.05) is 18.2 Å². The third-order valence-electron chi connectivity index (χ3n) is 5.09. The number of imide groups is 1. The molecule has 0 aromatic carbocycles. The lowest BCUT2D eigenvalue weighted by molar-refractivity contribution is -0.140. The van der Waals surface area contributed by atoms with Crippen LogP contribution in [-0.2, 0) is 9.59 Å². The Bertz CT molecular complexity index is 640. The van der Waals surface area contributed by atoms with Gasteiger partial charge in [-0.15, -0.1) is 0 Å². The average Bonchev–Trinajstić information content (AvgIpc) is 3.16. The summed E-state index contributed by atoms with van der Waals surface area (Å²) < 4.78 is 0. The Morgan fingerprint density at radius 2 is 1.86 bits per heavy atom. The molecular weight excluding hydrogens is 278 g/mol. The monoisotopic (exact) mass is 297 g/mol. The number of nitrogens with zero attached hydrogens (tertiary/aromatic N) is 2. The van der Waals surface area contributed by atoms with Crippen molar-refractivity contribution in [2.75, 3.05) is 18.4 Å². The highest BCUT2D eigenvalue weighted by Gasteiger charge is 2.58. The second kappa shape index (κ2) is 4.93. The first kappa shape index (κ1) is 13.5. The number of pyridine rings is 1. The standard InChI is InChI=1S/C17H19N3O2/c1-10-3-2-4-13(19-10)18-7-8-20-16(21)14-11-5-6-12(9-11)15(14)17(20)22/h2-6,11-12,14-15H,7-9H2,1H3,(H,18,19). The maximum atomic E-state index is 12.5. The van der Waals surface area contributed by atoms with Crippen LogP contribution in [0.25, 0.3) is 0 Å². The molecule has 2 bridgehead atoms. The van der Waals surface area contributed by atoms with Gasteiger partial charge < -0.3 is 5.32 Å². The zero-order valence-corrected chi connectivity index (χ0v) is 12.5. The summed E-state index contributed by atoms with van der Waals surface area (Å²) in [6, 6.07) is 5.76. The van der Waals surface area contributed by atoms with E-state index in [4.69, 9.17) is 0 Å². The summed E-state index contributed by atoms with van der Waals surface area (Å²) in [6.45, 7) is 2.89. The van der Waals surface area contributed by atoms with Crippen molar-refractivity contribution in [2.24, 2.45) is 23.7 Å². The number of hydrogen-bond donors (Lipinski definition) is 1. The van der Waals surface area contributed by atoms with E-state index in [9.17, 15) is 9.59 Å². The predicted octanol–water partition coefficient (Wildman–Crippen LogP) is 1.61. The Hall–Kier alpha value is -2.17. The molecule has 1 aromatic heterocycles. The van der Waals surface area contributed by atoms with E-state index in [-0.39, 0.29) is 35.5 Å². The second-order valence-electron chi connectivity index (χ2n) is 6.42. The van der Waals surface area contributed by atoms with E-state index in [1.807, 2.05) is 25.1 Å². The van der Waals surface area contributed by atoms with E-state index in [0.29, 0.717) is 13.1 Å². The first-order valence-corrected chi connectivity index (χ1v) is 7.86. The Morgan fingerprint density at radius 3 is 2.50 bits per heavy atom. The van der Waals surface area contributed by atoms with Crippen molar-refractivity contribution in [3.8, 4) is 0 Å². The van der Waals surface area contributed by atoms with Crippen LogP contribution in [0.2, 0.25) is 0 Å². The number of carbonyl (C=O) groups is 2. The van der Waals surface area contributed by atoms with Gasteiger partial charge in [0.25, 0.3) is 0 Å². The van der Waals surface area contributed by atoms with Gasteiger partial charge in [-0.25, -0.2) is 4.98 Å². The number of rotatable bonds is 4. The predicted molar refractivity (Wildman–Crippen MR) is 81.9 cm³/mol. The molecular formula is C17H19N3O2. The summed E-state index contributed by atoms with van der Waals surface area (Å²) in [5.41, 5.74) is 0.940. The van der Waals surface area contributed by atoms with Crippen LogP contribution < -0.4 is 5.32 Å². The first-order valence-electron chi connectivity index (χ1n) is 7.86. The molecule has 2 heterocycles. The molecule has 0 spiro atoms. The van der Waals surface area contributed by atoms with Crippen molar-refractivity contribution in [3.05, 3.63) is 36.0 Å². The SMILES string of the molecule is Cc1cccc(NCCN2C(=O)C3C4C=CC(C4)C3C2=O)n1. The van der Waals surface area contributed by atoms with Crippen molar-refractivity contribution >= 4 is 17.6 Å². The summed E-state index contributed by atoms with van der Waals surface area (Å²) in [5.74, 6) is 1.18. The fourth-order valence-electron chi connectivity index (χ4n) is 4.12. The third kappa shape index (κ3) is 1.95. The van der Waals surface area contributed by atoms with Gasteiger partial charge >= 0.3 is 0 Å². The Kier molecular flexibility index (Phi) is 3.03. The number of aryl methyl sites for hydroxylation is 1. The number of nitrogens with one attached hydrogen (secondary N) is 1. The zero-order chi connectivity index (χ0) is 15.3. The summed E-state index contributed by atoms with van der Waals surface area (Å²) >= 11 is 0. The van der Waals surface area contributed by atoms with Gasteiger partial charge in [0.2, 0.25) is 11.8 Å². The van der Waals surface area contributed by atoms with Gasteiger partial charge in [-0.2, -0.15) is 0 Å². The fourth-order valence-corrected chi connectivity index (χ4v) is 4.12. The van der Waals surface area contributed by atoms with E-state index in [0.717, 1.165) is 17.9 Å². The van der Waals surface area contributed by atoms with E-state index >= 15 is 0 Å². The molecule has 1 aromatic rings. The molecule has 2 fully saturated rings. The van der Waals surface area contributed by atoms with Crippen LogP contribution in [0.15, 0.2) is 30.4 Å². The Labute approximate surface area is 129 Å². The number of likely N-dealkylation sites (tertiary alicyclic amines) is 1. The number of aromatic nitrogens is 1. The van der Waals surface area contributed by atoms with Crippen molar-refractivity contribution < 1.29 is 9.59 Å². The molecule has 4 rings (SSSR count). The lowest BCUT2D eigenvalue weighted by atomic mass is 9.85. The molecule has 4 atom stereocenters. The van der Waals surface area contributed by atoms with E-state index < -0.39 is 0 Å². The second-order valence-corrected chi connectivity index (χ2v) is 6.42. The number of hydrogen-bond acceptors (Lipinski definition) is 4. The van der Waals surface area contributed by atoms with Crippen LogP contribution in [0.1, 0.15) is 12.1 Å². The largest absolute Gasteiger partial charge is 0.368 e. The minimum Gasteiger partial charge on any atom is -0.368 e. The van der Waals surface area contributed by atoms with Crippen LogP contribution >= 0.6 is 0 Å². The lowest BCUT2D eigenvalue weighted by Crippen LogP contribution is -2.36. The smallest absolute Gasteiger partial charge is 0.233 e. The minimum atomic E-state index is -0.0976. The molecule has 3 aliphatic rings. The molecule has 5 heteroatoms. The number of anilines is 1. The number of allylic oxidation sites excluding steroid dienone is 2. The molecule has 4 unspecified atom stereocenters. The molecule has 1 N–H and O–H groups in total. The Morgan fingerprint density at radius 1 is 1.18 bits per heavy atom. The molecule has 114 valence electrons.